The van der Waals surface area contributed by atoms with E-state index in [4.69, 9.17) is 16.3 Å². The zero-order valence-electron chi connectivity index (χ0n) is 7.71. The number of halogens is 3. The quantitative estimate of drug-likeness (QED) is 0.784. The van der Waals surface area contributed by atoms with Gasteiger partial charge in [-0.2, -0.15) is 0 Å². The molecule has 0 radical (unpaired) electrons. The number of ether oxygens (including phenoxy) is 1. The van der Waals surface area contributed by atoms with Crippen LogP contribution in [0.1, 0.15) is 11.1 Å². The molecular formula is C10H8ClF2NO. The summed E-state index contributed by atoms with van der Waals surface area (Å²) in [6.07, 6.45) is -0.816. The summed E-state index contributed by atoms with van der Waals surface area (Å²) in [6.45, 7) is -0.0557. The number of alkyl halides is 2. The summed E-state index contributed by atoms with van der Waals surface area (Å²) in [5.41, 5.74) is 1.87. The summed E-state index contributed by atoms with van der Waals surface area (Å²) in [5, 5.41) is 0.347. The average Bonchev–Trinajstić information content (AvgIpc) is 2.60. The van der Waals surface area contributed by atoms with Crippen LogP contribution in [0.4, 0.5) is 8.78 Å². The fourth-order valence-electron chi connectivity index (χ4n) is 1.37. The van der Waals surface area contributed by atoms with Gasteiger partial charge in [-0.3, -0.25) is 4.99 Å². The van der Waals surface area contributed by atoms with Gasteiger partial charge < -0.3 is 4.74 Å². The number of aliphatic imine (C=N–C) groups is 1. The van der Waals surface area contributed by atoms with E-state index in [9.17, 15) is 8.78 Å². The molecule has 0 amide bonds. The van der Waals surface area contributed by atoms with E-state index in [1.807, 2.05) is 0 Å². The Kier molecular flexibility index (Phi) is 2.86. The van der Waals surface area contributed by atoms with Crippen molar-refractivity contribution in [1.82, 2.24) is 0 Å². The first-order valence-electron chi connectivity index (χ1n) is 4.40. The molecule has 0 atom stereocenters. The molecule has 15 heavy (non-hydrogen) atoms. The number of benzene rings is 1. The number of rotatable bonds is 3. The van der Waals surface area contributed by atoms with Crippen molar-refractivity contribution in [1.29, 1.82) is 0 Å². The smallest absolute Gasteiger partial charge is 0.272 e. The normalized spacial score (nSPS) is 13.3. The first-order chi connectivity index (χ1) is 7.16. The summed E-state index contributed by atoms with van der Waals surface area (Å²) >= 11 is 5.87. The number of fused-ring (bicyclic) bond motifs is 1. The van der Waals surface area contributed by atoms with Crippen LogP contribution >= 0.6 is 11.6 Å². The van der Waals surface area contributed by atoms with Gasteiger partial charge in [-0.25, -0.2) is 8.78 Å². The summed E-state index contributed by atoms with van der Waals surface area (Å²) in [7, 11) is 0. The Balaban J connectivity index is 2.20. The highest BCUT2D eigenvalue weighted by molar-refractivity contribution is 6.32. The van der Waals surface area contributed by atoms with E-state index in [1.165, 1.54) is 0 Å². The molecule has 2 rings (SSSR count). The lowest BCUT2D eigenvalue weighted by Gasteiger charge is -2.08. The van der Waals surface area contributed by atoms with Crippen LogP contribution in [-0.4, -0.2) is 19.2 Å². The maximum Gasteiger partial charge on any atom is 0.272 e. The Morgan fingerprint density at radius 1 is 1.47 bits per heavy atom. The van der Waals surface area contributed by atoms with Gasteiger partial charge in [0.2, 0.25) is 0 Å². The van der Waals surface area contributed by atoms with Crippen molar-refractivity contribution in [3.8, 4) is 5.75 Å². The highest BCUT2D eigenvalue weighted by atomic mass is 35.5. The Morgan fingerprint density at radius 3 is 3.00 bits per heavy atom. The van der Waals surface area contributed by atoms with E-state index < -0.39 is 13.0 Å². The molecule has 0 saturated carbocycles. The van der Waals surface area contributed by atoms with Crippen LogP contribution in [0.15, 0.2) is 17.1 Å². The van der Waals surface area contributed by atoms with Crippen LogP contribution in [0, 0.1) is 0 Å². The molecule has 0 bridgehead atoms. The molecule has 1 aliphatic heterocycles. The first-order valence-corrected chi connectivity index (χ1v) is 4.78. The molecule has 0 unspecified atom stereocenters. The zero-order valence-corrected chi connectivity index (χ0v) is 8.47. The third-order valence-corrected chi connectivity index (χ3v) is 2.35. The highest BCUT2D eigenvalue weighted by Gasteiger charge is 2.13. The summed E-state index contributed by atoms with van der Waals surface area (Å²) in [5.74, 6) is 0.282. The molecule has 0 spiro atoms. The van der Waals surface area contributed by atoms with Gasteiger partial charge in [0.05, 0.1) is 11.6 Å². The van der Waals surface area contributed by atoms with Gasteiger partial charge in [-0.1, -0.05) is 11.6 Å². The van der Waals surface area contributed by atoms with Crippen LogP contribution in [0.3, 0.4) is 0 Å². The monoisotopic (exact) mass is 231 g/mol. The van der Waals surface area contributed by atoms with Crippen molar-refractivity contribution in [3.63, 3.8) is 0 Å². The lowest BCUT2D eigenvalue weighted by atomic mass is 10.1. The van der Waals surface area contributed by atoms with Gasteiger partial charge in [-0.15, -0.1) is 0 Å². The van der Waals surface area contributed by atoms with Crippen LogP contribution in [-0.2, 0) is 6.54 Å². The van der Waals surface area contributed by atoms with Gasteiger partial charge in [0.25, 0.3) is 6.43 Å². The standard InChI is InChI=1S/C10H8ClF2NO/c11-8-1-6-3-14-4-7(6)2-9(8)15-5-10(12)13/h1-2,4,10H,3,5H2. The van der Waals surface area contributed by atoms with E-state index in [-0.39, 0.29) is 5.75 Å². The summed E-state index contributed by atoms with van der Waals surface area (Å²) in [4.78, 5) is 4.04. The third-order valence-electron chi connectivity index (χ3n) is 2.05. The zero-order chi connectivity index (χ0) is 10.8. The molecular weight excluding hydrogens is 224 g/mol. The SMILES string of the molecule is FC(F)COc1cc2c(cc1Cl)CN=C2. The number of nitrogens with zero attached hydrogens (tertiary/aromatic N) is 1. The van der Waals surface area contributed by atoms with Gasteiger partial charge in [0, 0.05) is 11.8 Å². The largest absolute Gasteiger partial charge is 0.486 e. The average molecular weight is 232 g/mol. The second-order valence-corrected chi connectivity index (χ2v) is 3.56. The maximum absolute atomic E-state index is 11.9. The Hall–Kier alpha value is -1.16. The van der Waals surface area contributed by atoms with Crippen molar-refractivity contribution in [2.45, 2.75) is 13.0 Å². The molecule has 0 fully saturated rings. The Bertz CT molecular complexity index is 407. The van der Waals surface area contributed by atoms with Crippen LogP contribution in [0.25, 0.3) is 0 Å². The van der Waals surface area contributed by atoms with Crippen LogP contribution < -0.4 is 4.74 Å². The molecule has 5 heteroatoms. The molecule has 0 saturated heterocycles. The second-order valence-electron chi connectivity index (χ2n) is 3.15. The highest BCUT2D eigenvalue weighted by Crippen LogP contribution is 2.30. The molecule has 1 heterocycles. The van der Waals surface area contributed by atoms with E-state index >= 15 is 0 Å². The number of hydrogen-bond acceptors (Lipinski definition) is 2. The molecule has 1 aromatic rings. The molecule has 0 N–H and O–H groups in total. The van der Waals surface area contributed by atoms with Crippen LogP contribution in [0.2, 0.25) is 5.02 Å². The lowest BCUT2D eigenvalue weighted by Crippen LogP contribution is -2.07. The van der Waals surface area contributed by atoms with Gasteiger partial charge in [0.15, 0.2) is 0 Å². The fourth-order valence-corrected chi connectivity index (χ4v) is 1.61. The predicted molar refractivity (Wildman–Crippen MR) is 54.2 cm³/mol. The topological polar surface area (TPSA) is 21.6 Å². The summed E-state index contributed by atoms with van der Waals surface area (Å²) in [6, 6.07) is 3.33. The first kappa shape index (κ1) is 10.4. The summed E-state index contributed by atoms with van der Waals surface area (Å²) < 4.78 is 28.7. The molecule has 80 valence electrons. The molecule has 0 aliphatic carbocycles. The Labute approximate surface area is 90.5 Å². The van der Waals surface area contributed by atoms with Crippen molar-refractivity contribution in [3.05, 3.63) is 28.3 Å². The van der Waals surface area contributed by atoms with E-state index in [2.05, 4.69) is 4.99 Å². The van der Waals surface area contributed by atoms with Crippen molar-refractivity contribution in [2.75, 3.05) is 6.61 Å². The lowest BCUT2D eigenvalue weighted by molar-refractivity contribution is 0.0819. The minimum absolute atomic E-state index is 0.282. The molecule has 2 nitrogen and oxygen atoms in total. The second kappa shape index (κ2) is 4.14. The minimum Gasteiger partial charge on any atom is -0.486 e. The Morgan fingerprint density at radius 2 is 2.27 bits per heavy atom. The third kappa shape index (κ3) is 2.26. The molecule has 1 aliphatic rings. The van der Waals surface area contributed by atoms with Crippen LogP contribution in [0.5, 0.6) is 5.75 Å². The van der Waals surface area contributed by atoms with Crippen molar-refractivity contribution >= 4 is 17.8 Å². The molecule has 0 aromatic heterocycles. The van der Waals surface area contributed by atoms with Gasteiger partial charge in [-0.05, 0) is 17.7 Å². The van der Waals surface area contributed by atoms with Gasteiger partial charge >= 0.3 is 0 Å². The van der Waals surface area contributed by atoms with Gasteiger partial charge in [0.1, 0.15) is 12.4 Å². The minimum atomic E-state index is -2.50. The van der Waals surface area contributed by atoms with Crippen molar-refractivity contribution in [2.24, 2.45) is 4.99 Å². The van der Waals surface area contributed by atoms with E-state index in [1.54, 1.807) is 18.3 Å². The van der Waals surface area contributed by atoms with E-state index in [0.29, 0.717) is 11.6 Å². The fraction of sp³-hybridized carbons (Fsp3) is 0.300. The van der Waals surface area contributed by atoms with Crippen molar-refractivity contribution < 1.29 is 13.5 Å². The maximum atomic E-state index is 11.9. The van der Waals surface area contributed by atoms with E-state index in [0.717, 1.165) is 11.1 Å². The predicted octanol–water partition coefficient (Wildman–Crippen LogP) is 2.92. The molecule has 1 aromatic carbocycles. The number of hydrogen-bond donors (Lipinski definition) is 0.